The lowest BCUT2D eigenvalue weighted by Gasteiger charge is -2.07. The number of ether oxygens (including phenoxy) is 1. The number of fused-ring (bicyclic) bond motifs is 1. The first-order valence-electron chi connectivity index (χ1n) is 8.10. The lowest BCUT2D eigenvalue weighted by atomic mass is 10.1. The largest absolute Gasteiger partial charge is 0.484 e. The van der Waals surface area contributed by atoms with Crippen molar-refractivity contribution in [3.05, 3.63) is 70.4 Å². The molecule has 0 saturated carbocycles. The van der Waals surface area contributed by atoms with Crippen molar-refractivity contribution in [1.82, 2.24) is 10.4 Å². The molecule has 1 aromatic heterocycles. The average molecular weight is 368 g/mol. The summed E-state index contributed by atoms with van der Waals surface area (Å²) in [7, 11) is 0. The van der Waals surface area contributed by atoms with Gasteiger partial charge < -0.3 is 4.74 Å². The van der Waals surface area contributed by atoms with Crippen LogP contribution < -0.4 is 10.2 Å². The van der Waals surface area contributed by atoms with Crippen LogP contribution in [-0.4, -0.2) is 23.7 Å². The topological polar surface area (TPSA) is 63.6 Å². The van der Waals surface area contributed by atoms with E-state index >= 15 is 0 Å². The third kappa shape index (κ3) is 4.37. The average Bonchev–Trinajstić information content (AvgIpc) is 2.63. The van der Waals surface area contributed by atoms with E-state index in [-0.39, 0.29) is 12.5 Å². The van der Waals surface area contributed by atoms with E-state index in [1.807, 2.05) is 62.4 Å². The normalized spacial score (nSPS) is 11.0. The van der Waals surface area contributed by atoms with Gasteiger partial charge in [-0.15, -0.1) is 0 Å². The summed E-state index contributed by atoms with van der Waals surface area (Å²) in [5.74, 6) is 0.290. The van der Waals surface area contributed by atoms with Gasteiger partial charge in [0.2, 0.25) is 0 Å². The molecule has 3 aromatic rings. The summed E-state index contributed by atoms with van der Waals surface area (Å²) < 4.78 is 5.46. The molecule has 5 nitrogen and oxygen atoms in total. The zero-order valence-electron chi connectivity index (χ0n) is 14.5. The second-order valence-electron chi connectivity index (χ2n) is 5.89. The summed E-state index contributed by atoms with van der Waals surface area (Å²) in [4.78, 5) is 16.2. The molecule has 0 spiro atoms. The third-order valence-electron chi connectivity index (χ3n) is 3.95. The van der Waals surface area contributed by atoms with E-state index in [1.54, 1.807) is 0 Å². The van der Waals surface area contributed by atoms with E-state index < -0.39 is 0 Å². The summed E-state index contributed by atoms with van der Waals surface area (Å²) in [6.45, 7) is 3.89. The highest BCUT2D eigenvalue weighted by Crippen LogP contribution is 2.19. The lowest BCUT2D eigenvalue weighted by molar-refractivity contribution is -0.123. The molecule has 0 radical (unpaired) electrons. The second-order valence-corrected chi connectivity index (χ2v) is 6.25. The first kappa shape index (κ1) is 17.9. The van der Waals surface area contributed by atoms with Gasteiger partial charge in [0.25, 0.3) is 5.91 Å². The van der Waals surface area contributed by atoms with E-state index in [1.165, 1.54) is 11.8 Å². The maximum Gasteiger partial charge on any atom is 0.277 e. The van der Waals surface area contributed by atoms with Gasteiger partial charge in [-0.25, -0.2) is 10.4 Å². The summed E-state index contributed by atoms with van der Waals surface area (Å²) in [6.07, 6.45) is 1.47. The Labute approximate surface area is 156 Å². The molecule has 0 bridgehead atoms. The number of halogens is 1. The maximum atomic E-state index is 11.9. The lowest BCUT2D eigenvalue weighted by Crippen LogP contribution is -2.24. The second kappa shape index (κ2) is 7.97. The van der Waals surface area contributed by atoms with Crippen LogP contribution in [0.25, 0.3) is 10.9 Å². The number of benzene rings is 2. The van der Waals surface area contributed by atoms with Crippen molar-refractivity contribution in [2.75, 3.05) is 6.61 Å². The molecule has 3 rings (SSSR count). The monoisotopic (exact) mass is 367 g/mol. The highest BCUT2D eigenvalue weighted by molar-refractivity contribution is 6.32. The number of nitrogens with one attached hydrogen (secondary N) is 1. The molecular formula is C20H18ClN3O2. The number of hydrazone groups is 1. The molecular weight excluding hydrogens is 350 g/mol. The smallest absolute Gasteiger partial charge is 0.277 e. The van der Waals surface area contributed by atoms with Crippen molar-refractivity contribution in [3.63, 3.8) is 0 Å². The minimum absolute atomic E-state index is 0.121. The molecule has 1 N–H and O–H groups in total. The van der Waals surface area contributed by atoms with Crippen LogP contribution in [0, 0.1) is 13.8 Å². The van der Waals surface area contributed by atoms with Gasteiger partial charge in [0.15, 0.2) is 6.61 Å². The van der Waals surface area contributed by atoms with Crippen molar-refractivity contribution in [3.8, 4) is 5.75 Å². The number of hydrogen-bond acceptors (Lipinski definition) is 4. The zero-order chi connectivity index (χ0) is 18.5. The molecule has 26 heavy (non-hydrogen) atoms. The standard InChI is InChI=1S/C20H18ClN3O2/c1-13-7-8-17(9-14(13)2)26-12-19(25)24-22-11-16-10-15-5-3-4-6-18(15)23-20(16)21/h3-11H,12H2,1-2H3,(H,24,25)/b22-11+. The Morgan fingerprint density at radius 2 is 2.00 bits per heavy atom. The quantitative estimate of drug-likeness (QED) is 0.420. The van der Waals surface area contributed by atoms with Gasteiger partial charge in [0, 0.05) is 10.9 Å². The number of carbonyl (C=O) groups is 1. The molecule has 6 heteroatoms. The Kier molecular flexibility index (Phi) is 5.49. The maximum absolute atomic E-state index is 11.9. The van der Waals surface area contributed by atoms with Crippen LogP contribution in [0.3, 0.4) is 0 Å². The van der Waals surface area contributed by atoms with Gasteiger partial charge in [-0.2, -0.15) is 5.10 Å². The van der Waals surface area contributed by atoms with Gasteiger partial charge in [-0.1, -0.05) is 35.9 Å². The first-order chi connectivity index (χ1) is 12.5. The van der Waals surface area contributed by atoms with Crippen LogP contribution in [0.4, 0.5) is 0 Å². The minimum atomic E-state index is -0.357. The van der Waals surface area contributed by atoms with Crippen molar-refractivity contribution >= 4 is 34.6 Å². The van der Waals surface area contributed by atoms with E-state index in [2.05, 4.69) is 15.5 Å². The van der Waals surface area contributed by atoms with Crippen molar-refractivity contribution in [2.24, 2.45) is 5.10 Å². The van der Waals surface area contributed by atoms with Crippen molar-refractivity contribution in [2.45, 2.75) is 13.8 Å². The summed E-state index contributed by atoms with van der Waals surface area (Å²) >= 11 is 6.15. The Morgan fingerprint density at radius 1 is 1.19 bits per heavy atom. The predicted molar refractivity (Wildman–Crippen MR) is 104 cm³/mol. The molecule has 0 aliphatic carbocycles. The molecule has 0 fully saturated rings. The molecule has 0 atom stereocenters. The fraction of sp³-hybridized carbons (Fsp3) is 0.150. The van der Waals surface area contributed by atoms with Gasteiger partial charge in [0.1, 0.15) is 10.9 Å². The number of amides is 1. The van der Waals surface area contributed by atoms with Crippen LogP contribution in [0.15, 0.2) is 53.6 Å². The molecule has 1 amide bonds. The van der Waals surface area contributed by atoms with Crippen LogP contribution >= 0.6 is 11.6 Å². The molecule has 0 aliphatic rings. The number of rotatable bonds is 5. The molecule has 0 aliphatic heterocycles. The number of pyridine rings is 1. The van der Waals surface area contributed by atoms with E-state index in [9.17, 15) is 4.79 Å². The van der Waals surface area contributed by atoms with Crippen LogP contribution in [-0.2, 0) is 4.79 Å². The highest BCUT2D eigenvalue weighted by atomic mass is 35.5. The van der Waals surface area contributed by atoms with Crippen molar-refractivity contribution < 1.29 is 9.53 Å². The molecule has 1 heterocycles. The number of aryl methyl sites for hydroxylation is 2. The van der Waals surface area contributed by atoms with E-state index in [0.29, 0.717) is 16.5 Å². The molecule has 2 aromatic carbocycles. The fourth-order valence-corrected chi connectivity index (χ4v) is 2.55. The van der Waals surface area contributed by atoms with E-state index in [4.69, 9.17) is 16.3 Å². The van der Waals surface area contributed by atoms with Crippen LogP contribution in [0.1, 0.15) is 16.7 Å². The van der Waals surface area contributed by atoms with Crippen molar-refractivity contribution in [1.29, 1.82) is 0 Å². The van der Waals surface area contributed by atoms with E-state index in [0.717, 1.165) is 16.5 Å². The Bertz CT molecular complexity index is 986. The third-order valence-corrected chi connectivity index (χ3v) is 4.25. The molecule has 0 saturated heterocycles. The number of carbonyl (C=O) groups excluding carboxylic acids is 1. The number of nitrogens with zero attached hydrogens (tertiary/aromatic N) is 2. The Morgan fingerprint density at radius 3 is 2.81 bits per heavy atom. The van der Waals surface area contributed by atoms with Gasteiger partial charge >= 0.3 is 0 Å². The van der Waals surface area contributed by atoms with Crippen LogP contribution in [0.5, 0.6) is 5.75 Å². The number of aromatic nitrogens is 1. The SMILES string of the molecule is Cc1ccc(OCC(=O)N/N=C/c2cc3ccccc3nc2Cl)cc1C. The zero-order valence-corrected chi connectivity index (χ0v) is 15.2. The van der Waals surface area contributed by atoms with Gasteiger partial charge in [-0.3, -0.25) is 4.79 Å². The molecule has 0 unspecified atom stereocenters. The molecule has 132 valence electrons. The first-order valence-corrected chi connectivity index (χ1v) is 8.48. The predicted octanol–water partition coefficient (Wildman–Crippen LogP) is 4.03. The highest BCUT2D eigenvalue weighted by Gasteiger charge is 2.05. The van der Waals surface area contributed by atoms with Gasteiger partial charge in [0.05, 0.1) is 11.7 Å². The number of para-hydroxylation sites is 1. The summed E-state index contributed by atoms with van der Waals surface area (Å²) in [6, 6.07) is 15.2. The summed E-state index contributed by atoms with van der Waals surface area (Å²) in [5, 5.41) is 5.20. The van der Waals surface area contributed by atoms with Gasteiger partial charge in [-0.05, 0) is 49.2 Å². The number of hydrogen-bond donors (Lipinski definition) is 1. The minimum Gasteiger partial charge on any atom is -0.484 e. The van der Waals surface area contributed by atoms with Crippen LogP contribution in [0.2, 0.25) is 5.15 Å². The Balaban J connectivity index is 1.58. The Hall–Kier alpha value is -2.92. The fourth-order valence-electron chi connectivity index (χ4n) is 2.36. The summed E-state index contributed by atoms with van der Waals surface area (Å²) in [5.41, 5.74) is 6.14.